The fraction of sp³-hybridized carbons (Fsp3) is 0.0741. The highest BCUT2D eigenvalue weighted by Crippen LogP contribution is 2.26. The van der Waals surface area contributed by atoms with Gasteiger partial charge < -0.3 is 9.47 Å². The van der Waals surface area contributed by atoms with Gasteiger partial charge in [-0.1, -0.05) is 54.1 Å². The van der Waals surface area contributed by atoms with E-state index in [9.17, 15) is 9.59 Å². The number of hydrogen-bond donors (Lipinski definition) is 1. The number of nitrogens with one attached hydrogen (secondary N) is 1. The van der Waals surface area contributed by atoms with Gasteiger partial charge in [0.15, 0.2) is 6.10 Å². The predicted molar refractivity (Wildman–Crippen MR) is 133 cm³/mol. The van der Waals surface area contributed by atoms with Crippen LogP contribution in [0.5, 0.6) is 11.5 Å². The minimum atomic E-state index is -0.740. The molecule has 170 valence electrons. The molecule has 0 saturated heterocycles. The van der Waals surface area contributed by atoms with E-state index in [1.165, 1.54) is 6.21 Å². The van der Waals surface area contributed by atoms with Crippen LogP contribution in [-0.4, -0.2) is 24.2 Å². The molecule has 1 amide bonds. The fourth-order valence-corrected chi connectivity index (χ4v) is 3.40. The zero-order valence-corrected chi connectivity index (χ0v) is 19.0. The molecule has 0 spiro atoms. The third kappa shape index (κ3) is 5.79. The van der Waals surface area contributed by atoms with Gasteiger partial charge in [-0.15, -0.1) is 0 Å². The maximum Gasteiger partial charge on any atom is 0.343 e. The van der Waals surface area contributed by atoms with Crippen LogP contribution in [0.4, 0.5) is 0 Å². The number of carbonyl (C=O) groups is 2. The summed E-state index contributed by atoms with van der Waals surface area (Å²) < 4.78 is 11.2. The topological polar surface area (TPSA) is 77.0 Å². The summed E-state index contributed by atoms with van der Waals surface area (Å²) in [5.74, 6) is 0.128. The van der Waals surface area contributed by atoms with Crippen molar-refractivity contribution in [3.05, 3.63) is 107 Å². The lowest BCUT2D eigenvalue weighted by Gasteiger charge is -2.14. The van der Waals surface area contributed by atoms with E-state index in [1.807, 2.05) is 42.5 Å². The highest BCUT2D eigenvalue weighted by Gasteiger charge is 2.15. The molecule has 4 rings (SSSR count). The monoisotopic (exact) mass is 472 g/mol. The summed E-state index contributed by atoms with van der Waals surface area (Å²) in [6, 6.07) is 26.7. The highest BCUT2D eigenvalue weighted by atomic mass is 35.5. The number of amides is 1. The molecule has 0 aliphatic rings. The van der Waals surface area contributed by atoms with Gasteiger partial charge in [-0.3, -0.25) is 4.79 Å². The standard InChI is InChI=1S/C27H21ClN2O4/c1-18(33-25-11-5-7-20-6-2-3-10-24(20)25)26(31)30-29-17-19-12-14-23(15-13-19)34-27(32)21-8-4-9-22(28)16-21/h2-18H,1H3,(H,30,31)/b29-17-/t18-/m0/s1. The number of rotatable bonds is 7. The molecule has 0 heterocycles. The molecule has 0 saturated carbocycles. The number of hydrazone groups is 1. The number of fused-ring (bicyclic) bond motifs is 1. The SMILES string of the molecule is C[C@H](Oc1cccc2ccccc12)C(=O)N/N=C\c1ccc(OC(=O)c2cccc(Cl)c2)cc1. The molecule has 4 aromatic rings. The molecule has 0 fully saturated rings. The van der Waals surface area contributed by atoms with Crippen molar-refractivity contribution < 1.29 is 19.1 Å². The summed E-state index contributed by atoms with van der Waals surface area (Å²) >= 11 is 5.91. The number of nitrogens with zero attached hydrogens (tertiary/aromatic N) is 1. The normalized spacial score (nSPS) is 11.8. The lowest BCUT2D eigenvalue weighted by molar-refractivity contribution is -0.127. The van der Waals surface area contributed by atoms with Crippen LogP contribution in [0.3, 0.4) is 0 Å². The van der Waals surface area contributed by atoms with E-state index in [4.69, 9.17) is 21.1 Å². The summed E-state index contributed by atoms with van der Waals surface area (Å²) in [5.41, 5.74) is 3.56. The van der Waals surface area contributed by atoms with Crippen molar-refractivity contribution in [3.63, 3.8) is 0 Å². The average molecular weight is 473 g/mol. The molecular formula is C27H21ClN2O4. The molecule has 0 unspecified atom stereocenters. The molecule has 4 aromatic carbocycles. The highest BCUT2D eigenvalue weighted by molar-refractivity contribution is 6.30. The number of benzene rings is 4. The third-order valence-electron chi connectivity index (χ3n) is 4.96. The Bertz CT molecular complexity index is 1350. The molecule has 1 atom stereocenters. The van der Waals surface area contributed by atoms with Crippen molar-refractivity contribution in [1.82, 2.24) is 5.43 Å². The van der Waals surface area contributed by atoms with Crippen LogP contribution >= 0.6 is 11.6 Å². The van der Waals surface area contributed by atoms with E-state index in [-0.39, 0.29) is 5.91 Å². The van der Waals surface area contributed by atoms with Gasteiger partial charge in [-0.2, -0.15) is 5.10 Å². The van der Waals surface area contributed by atoms with Gasteiger partial charge in [0.1, 0.15) is 11.5 Å². The summed E-state index contributed by atoms with van der Waals surface area (Å²) in [7, 11) is 0. The molecule has 6 nitrogen and oxygen atoms in total. The molecule has 34 heavy (non-hydrogen) atoms. The van der Waals surface area contributed by atoms with Crippen molar-refractivity contribution in [2.45, 2.75) is 13.0 Å². The number of hydrogen-bond acceptors (Lipinski definition) is 5. The first-order valence-corrected chi connectivity index (χ1v) is 10.9. The summed E-state index contributed by atoms with van der Waals surface area (Å²) in [6.45, 7) is 1.66. The lowest BCUT2D eigenvalue weighted by Crippen LogP contribution is -2.33. The molecule has 0 radical (unpaired) electrons. The van der Waals surface area contributed by atoms with E-state index in [2.05, 4.69) is 10.5 Å². The quantitative estimate of drug-likeness (QED) is 0.164. The first-order valence-electron chi connectivity index (χ1n) is 10.5. The van der Waals surface area contributed by atoms with E-state index in [1.54, 1.807) is 55.5 Å². The Hall–Kier alpha value is -4.16. The lowest BCUT2D eigenvalue weighted by atomic mass is 10.1. The summed E-state index contributed by atoms with van der Waals surface area (Å²) in [4.78, 5) is 24.6. The van der Waals surface area contributed by atoms with E-state index < -0.39 is 12.1 Å². The smallest absolute Gasteiger partial charge is 0.343 e. The van der Waals surface area contributed by atoms with Crippen LogP contribution in [0.1, 0.15) is 22.8 Å². The molecule has 0 aromatic heterocycles. The van der Waals surface area contributed by atoms with Crippen LogP contribution in [0.25, 0.3) is 10.8 Å². The molecular weight excluding hydrogens is 452 g/mol. The number of halogens is 1. The second-order valence-corrected chi connectivity index (χ2v) is 7.88. The van der Waals surface area contributed by atoms with Gasteiger partial charge >= 0.3 is 5.97 Å². The number of esters is 1. The van der Waals surface area contributed by atoms with Crippen molar-refractivity contribution in [1.29, 1.82) is 0 Å². The Morgan fingerprint density at radius 3 is 2.47 bits per heavy atom. The summed E-state index contributed by atoms with van der Waals surface area (Å²) in [6.07, 6.45) is 0.752. The van der Waals surface area contributed by atoms with E-state index >= 15 is 0 Å². The molecule has 0 bridgehead atoms. The fourth-order valence-electron chi connectivity index (χ4n) is 3.21. The first kappa shape index (κ1) is 23.0. The number of ether oxygens (including phenoxy) is 2. The Kier molecular flexibility index (Phi) is 7.20. The Morgan fingerprint density at radius 1 is 0.941 bits per heavy atom. The van der Waals surface area contributed by atoms with Crippen LogP contribution < -0.4 is 14.9 Å². The van der Waals surface area contributed by atoms with Crippen molar-refractivity contribution in [2.75, 3.05) is 0 Å². The Morgan fingerprint density at radius 2 is 1.68 bits per heavy atom. The van der Waals surface area contributed by atoms with Crippen LogP contribution in [0.2, 0.25) is 5.02 Å². The molecule has 1 N–H and O–H groups in total. The molecule has 7 heteroatoms. The minimum Gasteiger partial charge on any atom is -0.480 e. The number of carbonyl (C=O) groups excluding carboxylic acids is 2. The van der Waals surface area contributed by atoms with Crippen LogP contribution in [0, 0.1) is 0 Å². The third-order valence-corrected chi connectivity index (χ3v) is 5.20. The minimum absolute atomic E-state index is 0.362. The zero-order valence-electron chi connectivity index (χ0n) is 18.3. The van der Waals surface area contributed by atoms with Gasteiger partial charge in [0.25, 0.3) is 5.91 Å². The van der Waals surface area contributed by atoms with E-state index in [0.29, 0.717) is 27.6 Å². The predicted octanol–water partition coefficient (Wildman–Crippen LogP) is 5.63. The zero-order chi connectivity index (χ0) is 23.9. The summed E-state index contributed by atoms with van der Waals surface area (Å²) in [5, 5.41) is 6.41. The van der Waals surface area contributed by atoms with Gasteiger partial charge in [0, 0.05) is 10.4 Å². The Labute approximate surface area is 201 Å². The van der Waals surface area contributed by atoms with Crippen LogP contribution in [-0.2, 0) is 4.79 Å². The van der Waals surface area contributed by atoms with E-state index in [0.717, 1.165) is 10.8 Å². The first-order chi connectivity index (χ1) is 16.5. The van der Waals surface area contributed by atoms with Gasteiger partial charge in [0.05, 0.1) is 11.8 Å². The maximum atomic E-state index is 12.4. The molecule has 0 aliphatic carbocycles. The van der Waals surface area contributed by atoms with Crippen molar-refractivity contribution in [2.24, 2.45) is 5.10 Å². The van der Waals surface area contributed by atoms with Crippen LogP contribution in [0.15, 0.2) is 96.1 Å². The van der Waals surface area contributed by atoms with Crippen molar-refractivity contribution >= 4 is 40.5 Å². The van der Waals surface area contributed by atoms with Gasteiger partial charge in [-0.05, 0) is 66.4 Å². The Balaban J connectivity index is 1.31. The van der Waals surface area contributed by atoms with Gasteiger partial charge in [-0.25, -0.2) is 10.2 Å². The largest absolute Gasteiger partial charge is 0.480 e. The van der Waals surface area contributed by atoms with Gasteiger partial charge in [0.2, 0.25) is 0 Å². The van der Waals surface area contributed by atoms with Crippen molar-refractivity contribution in [3.8, 4) is 11.5 Å². The maximum absolute atomic E-state index is 12.4. The average Bonchev–Trinajstić information content (AvgIpc) is 2.85. The molecule has 0 aliphatic heterocycles. The second kappa shape index (κ2) is 10.6. The second-order valence-electron chi connectivity index (χ2n) is 7.44.